The molecule has 0 radical (unpaired) electrons. The van der Waals surface area contributed by atoms with Crippen LogP contribution >= 0.6 is 11.3 Å². The predicted octanol–water partition coefficient (Wildman–Crippen LogP) is 4.60. The molecule has 2 atom stereocenters. The molecule has 2 heterocycles. The third-order valence-corrected chi connectivity index (χ3v) is 5.71. The number of nitrogens with one attached hydrogen (secondary N) is 1. The third kappa shape index (κ3) is 3.46. The van der Waals surface area contributed by atoms with Crippen LogP contribution in [0.5, 0.6) is 0 Å². The average Bonchev–Trinajstić information content (AvgIpc) is 3.05. The molecule has 2 aromatic heterocycles. The molecule has 0 spiro atoms. The lowest BCUT2D eigenvalue weighted by Gasteiger charge is -1.96. The first kappa shape index (κ1) is 16.7. The Morgan fingerprint density at radius 3 is 2.81 bits per heavy atom. The van der Waals surface area contributed by atoms with E-state index < -0.39 is 0 Å². The molecule has 26 heavy (non-hydrogen) atoms. The summed E-state index contributed by atoms with van der Waals surface area (Å²) in [7, 11) is 0. The Balaban J connectivity index is 1.42. The average molecular weight is 365 g/mol. The molecule has 0 saturated heterocycles. The molecule has 0 unspecified atom stereocenters. The van der Waals surface area contributed by atoms with Crippen LogP contribution in [0.25, 0.3) is 10.6 Å². The van der Waals surface area contributed by atoms with Gasteiger partial charge in [-0.2, -0.15) is 5.10 Å². The molecule has 132 valence electrons. The van der Waals surface area contributed by atoms with Crippen molar-refractivity contribution in [1.29, 1.82) is 0 Å². The van der Waals surface area contributed by atoms with E-state index in [1.54, 1.807) is 0 Å². The molecule has 0 aliphatic heterocycles. The second-order valence-corrected chi connectivity index (χ2v) is 7.56. The zero-order valence-electron chi connectivity index (χ0n) is 14.6. The van der Waals surface area contributed by atoms with Gasteiger partial charge < -0.3 is 4.42 Å². The summed E-state index contributed by atoms with van der Waals surface area (Å²) >= 11 is 1.36. The number of rotatable bonds is 5. The summed E-state index contributed by atoms with van der Waals surface area (Å²) in [5, 5.41) is 4.84. The molecule has 1 aromatic carbocycles. The quantitative estimate of drug-likeness (QED) is 0.531. The minimum Gasteiger partial charge on any atom is -0.460 e. The van der Waals surface area contributed by atoms with Gasteiger partial charge in [-0.3, -0.25) is 4.79 Å². The van der Waals surface area contributed by atoms with Gasteiger partial charge in [0.05, 0.1) is 11.9 Å². The summed E-state index contributed by atoms with van der Waals surface area (Å²) in [6.07, 6.45) is 2.71. The summed E-state index contributed by atoms with van der Waals surface area (Å²) in [4.78, 5) is 17.4. The van der Waals surface area contributed by atoms with Gasteiger partial charge in [0.25, 0.3) is 5.91 Å². The van der Waals surface area contributed by atoms with Gasteiger partial charge in [0.1, 0.15) is 21.4 Å². The highest BCUT2D eigenvalue weighted by molar-refractivity contribution is 7.17. The van der Waals surface area contributed by atoms with Gasteiger partial charge in [0.15, 0.2) is 0 Å². The zero-order valence-corrected chi connectivity index (χ0v) is 15.4. The van der Waals surface area contributed by atoms with Gasteiger partial charge in [-0.1, -0.05) is 37.3 Å². The summed E-state index contributed by atoms with van der Waals surface area (Å²) in [5.41, 5.74) is 4.26. The highest BCUT2D eigenvalue weighted by Gasteiger charge is 2.36. The fraction of sp³-hybridized carbons (Fsp3) is 0.250. The van der Waals surface area contributed by atoms with E-state index in [-0.39, 0.29) is 5.91 Å². The number of carbonyl (C=O) groups is 1. The molecule has 1 saturated carbocycles. The van der Waals surface area contributed by atoms with Crippen LogP contribution in [0.2, 0.25) is 0 Å². The van der Waals surface area contributed by atoms with Crippen molar-refractivity contribution >= 4 is 23.5 Å². The number of nitrogens with zero attached hydrogens (tertiary/aromatic N) is 2. The molecule has 1 aliphatic rings. The minimum absolute atomic E-state index is 0.263. The highest BCUT2D eigenvalue weighted by atomic mass is 32.1. The number of benzene rings is 1. The molecular formula is C20H19N3O2S. The molecule has 6 heteroatoms. The number of carbonyl (C=O) groups excluding carboxylic acids is 1. The molecule has 0 bridgehead atoms. The number of aryl methyl sites for hydroxylation is 1. The summed E-state index contributed by atoms with van der Waals surface area (Å²) < 4.78 is 5.74. The molecule has 1 fully saturated rings. The van der Waals surface area contributed by atoms with Crippen molar-refractivity contribution in [1.82, 2.24) is 10.4 Å². The van der Waals surface area contributed by atoms with Crippen LogP contribution < -0.4 is 5.43 Å². The van der Waals surface area contributed by atoms with Crippen LogP contribution in [0, 0.1) is 12.8 Å². The van der Waals surface area contributed by atoms with E-state index in [9.17, 15) is 4.79 Å². The lowest BCUT2D eigenvalue weighted by Crippen LogP contribution is -2.17. The van der Waals surface area contributed by atoms with E-state index >= 15 is 0 Å². The Morgan fingerprint density at radius 1 is 1.31 bits per heavy atom. The molecule has 3 aromatic rings. The first-order valence-corrected chi connectivity index (χ1v) is 9.39. The fourth-order valence-electron chi connectivity index (χ4n) is 2.87. The number of hydrogen-bond donors (Lipinski definition) is 1. The van der Waals surface area contributed by atoms with Crippen molar-refractivity contribution < 1.29 is 9.21 Å². The molecule has 5 nitrogen and oxygen atoms in total. The van der Waals surface area contributed by atoms with Crippen molar-refractivity contribution in [2.75, 3.05) is 0 Å². The third-order valence-electron chi connectivity index (χ3n) is 4.50. The van der Waals surface area contributed by atoms with Crippen LogP contribution in [0.15, 0.2) is 52.0 Å². The maximum Gasteiger partial charge on any atom is 0.283 e. The van der Waals surface area contributed by atoms with E-state index in [1.165, 1.54) is 24.0 Å². The number of amides is 1. The van der Waals surface area contributed by atoms with Crippen LogP contribution in [-0.4, -0.2) is 17.1 Å². The number of aromatic nitrogens is 1. The normalized spacial score (nSPS) is 19.0. The Bertz CT molecular complexity index is 959. The number of thiazole rings is 1. The van der Waals surface area contributed by atoms with E-state index in [0.29, 0.717) is 28.2 Å². The van der Waals surface area contributed by atoms with Crippen molar-refractivity contribution in [3.8, 4) is 10.6 Å². The first-order valence-electron chi connectivity index (χ1n) is 8.58. The lowest BCUT2D eigenvalue weighted by atomic mass is 10.2. The Kier molecular flexibility index (Phi) is 4.42. The van der Waals surface area contributed by atoms with Gasteiger partial charge in [0.2, 0.25) is 0 Å². The van der Waals surface area contributed by atoms with E-state index in [0.717, 1.165) is 16.3 Å². The van der Waals surface area contributed by atoms with Crippen LogP contribution in [0.4, 0.5) is 0 Å². The lowest BCUT2D eigenvalue weighted by molar-refractivity contribution is 0.0958. The van der Waals surface area contributed by atoms with Crippen molar-refractivity contribution in [3.63, 3.8) is 0 Å². The van der Waals surface area contributed by atoms with Crippen molar-refractivity contribution in [2.24, 2.45) is 11.0 Å². The Morgan fingerprint density at radius 2 is 2.08 bits per heavy atom. The van der Waals surface area contributed by atoms with Gasteiger partial charge in [0, 0.05) is 11.5 Å². The largest absolute Gasteiger partial charge is 0.460 e. The molecule has 4 rings (SSSR count). The standard InChI is InChI=1S/C20H19N3O2S/c1-12-10-16(12)17-9-8-15(25-17)11-21-23-19(24)18-13(2)22-20(26-18)14-6-4-3-5-7-14/h3-9,11-12,16H,10H2,1-2H3,(H,23,24)/b21-11-/t12-,16-/m0/s1. The first-order chi connectivity index (χ1) is 12.6. The zero-order chi connectivity index (χ0) is 18.1. The molecule has 1 amide bonds. The maximum absolute atomic E-state index is 12.4. The minimum atomic E-state index is -0.263. The monoisotopic (exact) mass is 365 g/mol. The summed E-state index contributed by atoms with van der Waals surface area (Å²) in [6.45, 7) is 4.04. The fourth-order valence-corrected chi connectivity index (χ4v) is 3.83. The molecule has 1 aliphatic carbocycles. The SMILES string of the molecule is Cc1nc(-c2ccccc2)sc1C(=O)N/N=C\c1ccc([C@H]2C[C@@H]2C)o1. The van der Waals surface area contributed by atoms with Crippen LogP contribution in [-0.2, 0) is 0 Å². The second kappa shape index (κ2) is 6.88. The van der Waals surface area contributed by atoms with E-state index in [1.807, 2.05) is 49.4 Å². The predicted molar refractivity (Wildman–Crippen MR) is 103 cm³/mol. The topological polar surface area (TPSA) is 67.5 Å². The van der Waals surface area contributed by atoms with Gasteiger partial charge in [-0.25, -0.2) is 10.4 Å². The van der Waals surface area contributed by atoms with Crippen molar-refractivity contribution in [3.05, 3.63) is 64.6 Å². The number of hydrogen-bond acceptors (Lipinski definition) is 5. The van der Waals surface area contributed by atoms with Crippen LogP contribution in [0.1, 0.15) is 46.1 Å². The van der Waals surface area contributed by atoms with Gasteiger partial charge in [-0.05, 0) is 31.4 Å². The van der Waals surface area contributed by atoms with Crippen LogP contribution in [0.3, 0.4) is 0 Å². The highest BCUT2D eigenvalue weighted by Crippen LogP contribution is 2.47. The van der Waals surface area contributed by atoms with Gasteiger partial charge in [-0.15, -0.1) is 11.3 Å². The van der Waals surface area contributed by atoms with E-state index in [2.05, 4.69) is 22.4 Å². The number of furan rings is 1. The summed E-state index contributed by atoms with van der Waals surface area (Å²) in [5.74, 6) is 2.60. The Labute approximate surface area is 155 Å². The number of hydrazone groups is 1. The summed E-state index contributed by atoms with van der Waals surface area (Å²) in [6, 6.07) is 13.7. The Hall–Kier alpha value is -2.73. The van der Waals surface area contributed by atoms with Gasteiger partial charge >= 0.3 is 0 Å². The molecule has 1 N–H and O–H groups in total. The second-order valence-electron chi connectivity index (χ2n) is 6.56. The molecular weight excluding hydrogens is 346 g/mol. The smallest absolute Gasteiger partial charge is 0.283 e. The maximum atomic E-state index is 12.4. The van der Waals surface area contributed by atoms with Crippen molar-refractivity contribution in [2.45, 2.75) is 26.2 Å². The van der Waals surface area contributed by atoms with E-state index in [4.69, 9.17) is 4.42 Å².